The first-order valence-electron chi connectivity index (χ1n) is 6.54. The van der Waals surface area contributed by atoms with Crippen LogP contribution < -0.4 is 0 Å². The van der Waals surface area contributed by atoms with Crippen molar-refractivity contribution < 1.29 is 18.3 Å². The number of aromatic nitrogens is 1. The molecule has 0 aliphatic rings. The first-order valence-corrected chi connectivity index (χ1v) is 6.54. The second kappa shape index (κ2) is 5.52. The molecule has 0 aliphatic carbocycles. The number of methoxy groups -OCH3 is 1. The first kappa shape index (κ1) is 14.1. The molecule has 110 valence electrons. The zero-order valence-electron chi connectivity index (χ0n) is 11.6. The fourth-order valence-corrected chi connectivity index (χ4v) is 2.32. The van der Waals surface area contributed by atoms with Crippen molar-refractivity contribution in [1.82, 2.24) is 4.98 Å². The van der Waals surface area contributed by atoms with Gasteiger partial charge >= 0.3 is 5.97 Å². The molecule has 0 radical (unpaired) electrons. The SMILES string of the molecule is COC(=O)c1nc2ccccc2c(-c2ccc(F)cc2)c1F. The van der Waals surface area contributed by atoms with E-state index < -0.39 is 17.6 Å². The van der Waals surface area contributed by atoms with Gasteiger partial charge in [-0.05, 0) is 23.8 Å². The molecule has 0 aliphatic heterocycles. The Morgan fingerprint density at radius 2 is 1.73 bits per heavy atom. The number of ether oxygens (including phenoxy) is 1. The summed E-state index contributed by atoms with van der Waals surface area (Å²) in [7, 11) is 1.16. The minimum absolute atomic E-state index is 0.200. The Labute approximate surface area is 125 Å². The molecular formula is C17H11F2NO2. The largest absolute Gasteiger partial charge is 0.464 e. The van der Waals surface area contributed by atoms with Crippen LogP contribution in [0.4, 0.5) is 8.78 Å². The van der Waals surface area contributed by atoms with Crippen LogP contribution in [0.1, 0.15) is 10.5 Å². The maximum Gasteiger partial charge on any atom is 0.359 e. The molecule has 0 unspecified atom stereocenters. The van der Waals surface area contributed by atoms with Crippen molar-refractivity contribution in [2.75, 3.05) is 7.11 Å². The van der Waals surface area contributed by atoms with E-state index in [9.17, 15) is 13.6 Å². The quantitative estimate of drug-likeness (QED) is 0.672. The molecule has 3 nitrogen and oxygen atoms in total. The van der Waals surface area contributed by atoms with E-state index in [1.165, 1.54) is 24.3 Å². The topological polar surface area (TPSA) is 39.2 Å². The van der Waals surface area contributed by atoms with Gasteiger partial charge in [0.05, 0.1) is 12.6 Å². The Bertz CT molecular complexity index is 860. The summed E-state index contributed by atoms with van der Waals surface area (Å²) in [6.45, 7) is 0. The van der Waals surface area contributed by atoms with Crippen LogP contribution in [0.15, 0.2) is 48.5 Å². The number of carbonyl (C=O) groups is 1. The second-order valence-corrected chi connectivity index (χ2v) is 4.67. The van der Waals surface area contributed by atoms with Gasteiger partial charge in [0.25, 0.3) is 0 Å². The van der Waals surface area contributed by atoms with Gasteiger partial charge in [-0.1, -0.05) is 30.3 Å². The smallest absolute Gasteiger partial charge is 0.359 e. The number of nitrogens with zero attached hydrogens (tertiary/aromatic N) is 1. The highest BCUT2D eigenvalue weighted by Crippen LogP contribution is 2.32. The number of halogens is 2. The predicted octanol–water partition coefficient (Wildman–Crippen LogP) is 3.97. The fraction of sp³-hybridized carbons (Fsp3) is 0.0588. The lowest BCUT2D eigenvalue weighted by Crippen LogP contribution is -2.09. The molecule has 0 amide bonds. The number of pyridine rings is 1. The standard InChI is InChI=1S/C17H11F2NO2/c1-22-17(21)16-15(19)14(10-6-8-11(18)9-7-10)12-4-2-3-5-13(12)20-16/h2-9H,1H3. The van der Waals surface area contributed by atoms with Gasteiger partial charge in [0.2, 0.25) is 0 Å². The van der Waals surface area contributed by atoms with Crippen LogP contribution >= 0.6 is 0 Å². The number of hydrogen-bond acceptors (Lipinski definition) is 3. The third-order valence-corrected chi connectivity index (χ3v) is 3.34. The predicted molar refractivity (Wildman–Crippen MR) is 78.4 cm³/mol. The van der Waals surface area contributed by atoms with Crippen LogP contribution in [-0.4, -0.2) is 18.1 Å². The normalized spacial score (nSPS) is 10.7. The van der Waals surface area contributed by atoms with Crippen LogP contribution in [0.2, 0.25) is 0 Å². The van der Waals surface area contributed by atoms with Gasteiger partial charge in [-0.3, -0.25) is 0 Å². The van der Waals surface area contributed by atoms with Gasteiger partial charge < -0.3 is 4.74 Å². The minimum Gasteiger partial charge on any atom is -0.464 e. The number of rotatable bonds is 2. The van der Waals surface area contributed by atoms with Crippen molar-refractivity contribution in [2.24, 2.45) is 0 Å². The third-order valence-electron chi connectivity index (χ3n) is 3.34. The van der Waals surface area contributed by atoms with Crippen molar-refractivity contribution >= 4 is 16.9 Å². The molecule has 22 heavy (non-hydrogen) atoms. The lowest BCUT2D eigenvalue weighted by molar-refractivity contribution is 0.0589. The van der Waals surface area contributed by atoms with Crippen molar-refractivity contribution in [1.29, 1.82) is 0 Å². The summed E-state index contributed by atoms with van der Waals surface area (Å²) in [5.74, 6) is -2.06. The Kier molecular flexibility index (Phi) is 3.55. The number of esters is 1. The first-order chi connectivity index (χ1) is 10.6. The molecule has 0 fully saturated rings. The van der Waals surface area contributed by atoms with Crippen molar-refractivity contribution in [3.05, 3.63) is 65.9 Å². The molecular weight excluding hydrogens is 288 g/mol. The van der Waals surface area contributed by atoms with E-state index in [0.29, 0.717) is 16.5 Å². The van der Waals surface area contributed by atoms with Gasteiger partial charge in [0, 0.05) is 10.9 Å². The van der Waals surface area contributed by atoms with E-state index in [0.717, 1.165) is 7.11 Å². The maximum atomic E-state index is 14.8. The summed E-state index contributed by atoms with van der Waals surface area (Å²) in [4.78, 5) is 15.8. The van der Waals surface area contributed by atoms with E-state index in [2.05, 4.69) is 9.72 Å². The highest BCUT2D eigenvalue weighted by atomic mass is 19.1. The summed E-state index contributed by atoms with van der Waals surface area (Å²) >= 11 is 0. The van der Waals surface area contributed by atoms with E-state index in [4.69, 9.17) is 0 Å². The molecule has 0 atom stereocenters. The fourth-order valence-electron chi connectivity index (χ4n) is 2.32. The maximum absolute atomic E-state index is 14.8. The molecule has 3 rings (SSSR count). The van der Waals surface area contributed by atoms with Crippen LogP contribution in [-0.2, 0) is 4.74 Å². The molecule has 2 aromatic carbocycles. The molecule has 0 saturated carbocycles. The summed E-state index contributed by atoms with van der Waals surface area (Å²) in [5, 5.41) is 0.541. The number of hydrogen-bond donors (Lipinski definition) is 0. The lowest BCUT2D eigenvalue weighted by Gasteiger charge is -2.11. The molecule has 5 heteroatoms. The molecule has 0 bridgehead atoms. The molecule has 0 N–H and O–H groups in total. The third kappa shape index (κ3) is 2.30. The monoisotopic (exact) mass is 299 g/mol. The van der Waals surface area contributed by atoms with Gasteiger partial charge in [-0.2, -0.15) is 0 Å². The van der Waals surface area contributed by atoms with Gasteiger partial charge in [0.15, 0.2) is 11.5 Å². The number of fused-ring (bicyclic) bond motifs is 1. The molecule has 1 aromatic heterocycles. The molecule has 0 spiro atoms. The lowest BCUT2D eigenvalue weighted by atomic mass is 9.99. The summed E-state index contributed by atoms with van der Waals surface area (Å²) < 4.78 is 32.4. The average Bonchev–Trinajstić information content (AvgIpc) is 2.55. The Morgan fingerprint density at radius 3 is 2.41 bits per heavy atom. The summed E-state index contributed by atoms with van der Waals surface area (Å²) in [6, 6.07) is 12.3. The Hall–Kier alpha value is -2.82. The zero-order valence-corrected chi connectivity index (χ0v) is 11.6. The van der Waals surface area contributed by atoms with Crippen molar-refractivity contribution in [3.63, 3.8) is 0 Å². The van der Waals surface area contributed by atoms with E-state index >= 15 is 0 Å². The number of para-hydroxylation sites is 1. The number of benzene rings is 2. The van der Waals surface area contributed by atoms with E-state index in [1.807, 2.05) is 0 Å². The van der Waals surface area contributed by atoms with Crippen LogP contribution in [0, 0.1) is 11.6 Å². The highest BCUT2D eigenvalue weighted by molar-refractivity contribution is 6.00. The van der Waals surface area contributed by atoms with Gasteiger partial charge in [-0.25, -0.2) is 18.6 Å². The highest BCUT2D eigenvalue weighted by Gasteiger charge is 2.21. The van der Waals surface area contributed by atoms with E-state index in [1.54, 1.807) is 24.3 Å². The minimum atomic E-state index is -0.855. The zero-order chi connectivity index (χ0) is 15.7. The van der Waals surface area contributed by atoms with Crippen LogP contribution in [0.3, 0.4) is 0 Å². The van der Waals surface area contributed by atoms with Gasteiger partial charge in [0.1, 0.15) is 5.82 Å². The molecule has 1 heterocycles. The molecule has 3 aromatic rings. The van der Waals surface area contributed by atoms with Crippen LogP contribution in [0.25, 0.3) is 22.0 Å². The van der Waals surface area contributed by atoms with E-state index in [-0.39, 0.29) is 11.3 Å². The summed E-state index contributed by atoms with van der Waals surface area (Å²) in [6.07, 6.45) is 0. The Morgan fingerprint density at radius 1 is 1.05 bits per heavy atom. The van der Waals surface area contributed by atoms with Crippen molar-refractivity contribution in [3.8, 4) is 11.1 Å². The second-order valence-electron chi connectivity index (χ2n) is 4.67. The van der Waals surface area contributed by atoms with Crippen molar-refractivity contribution in [2.45, 2.75) is 0 Å². The molecule has 0 saturated heterocycles. The summed E-state index contributed by atoms with van der Waals surface area (Å²) in [5.41, 5.74) is 0.734. The van der Waals surface area contributed by atoms with Gasteiger partial charge in [-0.15, -0.1) is 0 Å². The Balaban J connectivity index is 2.37. The number of carbonyl (C=O) groups excluding carboxylic acids is 1. The van der Waals surface area contributed by atoms with Crippen LogP contribution in [0.5, 0.6) is 0 Å². The average molecular weight is 299 g/mol.